The van der Waals surface area contributed by atoms with Crippen LogP contribution in [0.25, 0.3) is 11.1 Å². The van der Waals surface area contributed by atoms with Crippen LogP contribution >= 0.6 is 0 Å². The summed E-state index contributed by atoms with van der Waals surface area (Å²) in [4.78, 5) is 14.0. The van der Waals surface area contributed by atoms with Crippen molar-refractivity contribution < 1.29 is 17.6 Å². The predicted molar refractivity (Wildman–Crippen MR) is 108 cm³/mol. The van der Waals surface area contributed by atoms with E-state index in [9.17, 15) is 13.2 Å². The fraction of sp³-hybridized carbons (Fsp3) is 0.350. The summed E-state index contributed by atoms with van der Waals surface area (Å²) in [7, 11) is -2.18. The maximum Gasteiger partial charge on any atom is 0.419 e. The van der Waals surface area contributed by atoms with Crippen molar-refractivity contribution in [2.45, 2.75) is 18.0 Å². The molecule has 0 radical (unpaired) electrons. The summed E-state index contributed by atoms with van der Waals surface area (Å²) in [6.45, 7) is 4.09. The Kier molecular flexibility index (Phi) is 5.55. The third kappa shape index (κ3) is 4.27. The van der Waals surface area contributed by atoms with E-state index in [-0.39, 0.29) is 17.0 Å². The van der Waals surface area contributed by atoms with E-state index in [1.54, 1.807) is 13.1 Å². The Balaban J connectivity index is 1.51. The lowest BCUT2D eigenvalue weighted by Gasteiger charge is -2.27. The van der Waals surface area contributed by atoms with Gasteiger partial charge in [-0.1, -0.05) is 24.3 Å². The lowest BCUT2D eigenvalue weighted by Crippen LogP contribution is -2.36. The topological polar surface area (TPSA) is 93.8 Å². The van der Waals surface area contributed by atoms with Gasteiger partial charge >= 0.3 is 5.76 Å². The molecule has 0 atom stereocenters. The molecule has 1 saturated heterocycles. The first-order valence-corrected chi connectivity index (χ1v) is 10.9. The number of benzene rings is 2. The molecule has 4 rings (SSSR count). The number of sulfonamides is 1. The Labute approximate surface area is 168 Å². The molecule has 2 aromatic carbocycles. The van der Waals surface area contributed by atoms with Gasteiger partial charge in [0.2, 0.25) is 10.0 Å². The standard InChI is InChI=1S/C20H23N3O5S/c1-22-18-7-6-17(12-19(18)28-20(22)24)29(25,26)21-13-15-4-2-3-5-16(15)14-23-8-10-27-11-9-23/h2-7,12,21H,8-11,13-14H2,1H3. The van der Waals surface area contributed by atoms with Gasteiger partial charge in [-0.2, -0.15) is 0 Å². The van der Waals surface area contributed by atoms with E-state index in [2.05, 4.69) is 9.62 Å². The average molecular weight is 417 g/mol. The van der Waals surface area contributed by atoms with Gasteiger partial charge in [-0.25, -0.2) is 17.9 Å². The predicted octanol–water partition coefficient (Wildman–Crippen LogP) is 1.44. The summed E-state index contributed by atoms with van der Waals surface area (Å²) in [5.41, 5.74) is 2.80. The molecule has 1 aliphatic rings. The van der Waals surface area contributed by atoms with E-state index < -0.39 is 15.8 Å². The first-order chi connectivity index (χ1) is 13.9. The van der Waals surface area contributed by atoms with Crippen LogP contribution in [0.5, 0.6) is 0 Å². The molecular formula is C20H23N3O5S. The number of fused-ring (bicyclic) bond motifs is 1. The number of nitrogens with zero attached hydrogens (tertiary/aromatic N) is 2. The summed E-state index contributed by atoms with van der Waals surface area (Å²) in [6, 6.07) is 12.2. The zero-order valence-corrected chi connectivity index (χ0v) is 16.9. The Bertz CT molecular complexity index is 1180. The minimum absolute atomic E-state index is 0.0602. The summed E-state index contributed by atoms with van der Waals surface area (Å²) in [5.74, 6) is -0.528. The number of rotatable bonds is 6. The van der Waals surface area contributed by atoms with Crippen LogP contribution in [-0.4, -0.2) is 44.2 Å². The van der Waals surface area contributed by atoms with Crippen molar-refractivity contribution in [1.82, 2.24) is 14.2 Å². The van der Waals surface area contributed by atoms with E-state index in [0.717, 1.165) is 30.8 Å². The van der Waals surface area contributed by atoms with Gasteiger partial charge in [-0.15, -0.1) is 0 Å². The zero-order chi connectivity index (χ0) is 20.4. The first-order valence-electron chi connectivity index (χ1n) is 9.40. The zero-order valence-electron chi connectivity index (χ0n) is 16.1. The smallest absolute Gasteiger partial charge is 0.408 e. The van der Waals surface area contributed by atoms with Crippen LogP contribution < -0.4 is 10.5 Å². The van der Waals surface area contributed by atoms with Gasteiger partial charge in [0, 0.05) is 39.3 Å². The summed E-state index contributed by atoms with van der Waals surface area (Å²) in [6.07, 6.45) is 0. The van der Waals surface area contributed by atoms with Gasteiger partial charge in [-0.05, 0) is 23.3 Å². The summed E-state index contributed by atoms with van der Waals surface area (Å²) in [5, 5.41) is 0. The van der Waals surface area contributed by atoms with Crippen LogP contribution in [0.2, 0.25) is 0 Å². The lowest BCUT2D eigenvalue weighted by atomic mass is 10.1. The molecule has 1 fully saturated rings. The van der Waals surface area contributed by atoms with Gasteiger partial charge in [0.1, 0.15) is 0 Å². The number of oxazole rings is 1. The second-order valence-electron chi connectivity index (χ2n) is 7.04. The fourth-order valence-electron chi connectivity index (χ4n) is 3.42. The molecular weight excluding hydrogens is 394 g/mol. The molecule has 0 saturated carbocycles. The van der Waals surface area contributed by atoms with Crippen LogP contribution in [0.4, 0.5) is 0 Å². The third-order valence-electron chi connectivity index (χ3n) is 5.14. The minimum Gasteiger partial charge on any atom is -0.408 e. The van der Waals surface area contributed by atoms with E-state index in [1.165, 1.54) is 16.7 Å². The van der Waals surface area contributed by atoms with Crippen molar-refractivity contribution in [3.8, 4) is 0 Å². The number of aromatic nitrogens is 1. The highest BCUT2D eigenvalue weighted by Gasteiger charge is 2.18. The normalized spacial score (nSPS) is 15.8. The molecule has 0 spiro atoms. The van der Waals surface area contributed by atoms with E-state index in [0.29, 0.717) is 18.7 Å². The van der Waals surface area contributed by atoms with E-state index >= 15 is 0 Å². The number of aryl methyl sites for hydroxylation is 1. The summed E-state index contributed by atoms with van der Waals surface area (Å²) < 4.78 is 40.0. The molecule has 0 unspecified atom stereocenters. The molecule has 1 N–H and O–H groups in total. The molecule has 0 amide bonds. The SMILES string of the molecule is Cn1c(=O)oc2cc(S(=O)(=O)NCc3ccccc3CN3CCOCC3)ccc21. The minimum atomic E-state index is -3.76. The Morgan fingerprint density at radius 2 is 1.79 bits per heavy atom. The van der Waals surface area contributed by atoms with Gasteiger partial charge < -0.3 is 9.15 Å². The van der Waals surface area contributed by atoms with Crippen molar-refractivity contribution in [2.75, 3.05) is 26.3 Å². The molecule has 1 aromatic heterocycles. The van der Waals surface area contributed by atoms with Crippen molar-refractivity contribution in [1.29, 1.82) is 0 Å². The number of morpholine rings is 1. The molecule has 29 heavy (non-hydrogen) atoms. The number of nitrogens with one attached hydrogen (secondary N) is 1. The first kappa shape index (κ1) is 19.8. The van der Waals surface area contributed by atoms with Gasteiger partial charge in [0.15, 0.2) is 5.58 Å². The van der Waals surface area contributed by atoms with Crippen LogP contribution in [-0.2, 0) is 34.9 Å². The van der Waals surface area contributed by atoms with Gasteiger partial charge in [0.25, 0.3) is 0 Å². The van der Waals surface area contributed by atoms with Crippen molar-refractivity contribution in [3.63, 3.8) is 0 Å². The third-order valence-corrected chi connectivity index (χ3v) is 6.54. The van der Waals surface area contributed by atoms with Crippen molar-refractivity contribution >= 4 is 21.1 Å². The molecule has 3 aromatic rings. The van der Waals surface area contributed by atoms with Crippen LogP contribution in [0.1, 0.15) is 11.1 Å². The second kappa shape index (κ2) is 8.11. The Morgan fingerprint density at radius 3 is 2.55 bits per heavy atom. The maximum atomic E-state index is 12.8. The highest BCUT2D eigenvalue weighted by atomic mass is 32.2. The van der Waals surface area contributed by atoms with E-state index in [4.69, 9.17) is 9.15 Å². The van der Waals surface area contributed by atoms with E-state index in [1.807, 2.05) is 24.3 Å². The molecule has 2 heterocycles. The highest BCUT2D eigenvalue weighted by molar-refractivity contribution is 7.89. The lowest BCUT2D eigenvalue weighted by molar-refractivity contribution is 0.0341. The molecule has 9 heteroatoms. The Hall–Kier alpha value is -2.46. The fourth-order valence-corrected chi connectivity index (χ4v) is 4.44. The maximum absolute atomic E-state index is 12.8. The average Bonchev–Trinajstić information content (AvgIpc) is 3.01. The number of ether oxygens (including phenoxy) is 1. The second-order valence-corrected chi connectivity index (χ2v) is 8.81. The van der Waals surface area contributed by atoms with Gasteiger partial charge in [0.05, 0.1) is 23.6 Å². The van der Waals surface area contributed by atoms with Crippen molar-refractivity contribution in [3.05, 3.63) is 64.1 Å². The molecule has 8 nitrogen and oxygen atoms in total. The summed E-state index contributed by atoms with van der Waals surface area (Å²) >= 11 is 0. The van der Waals surface area contributed by atoms with Gasteiger partial charge in [-0.3, -0.25) is 9.47 Å². The largest absolute Gasteiger partial charge is 0.419 e. The molecule has 0 bridgehead atoms. The molecule has 1 aliphatic heterocycles. The molecule has 154 valence electrons. The van der Waals surface area contributed by atoms with Crippen LogP contribution in [0.15, 0.2) is 56.6 Å². The van der Waals surface area contributed by atoms with Crippen molar-refractivity contribution in [2.24, 2.45) is 7.05 Å². The number of hydrogen-bond acceptors (Lipinski definition) is 6. The monoisotopic (exact) mass is 417 g/mol. The quantitative estimate of drug-likeness (QED) is 0.652. The Morgan fingerprint density at radius 1 is 1.07 bits per heavy atom. The highest BCUT2D eigenvalue weighted by Crippen LogP contribution is 2.19. The van der Waals surface area contributed by atoms with Crippen LogP contribution in [0, 0.1) is 0 Å². The number of hydrogen-bond donors (Lipinski definition) is 1. The van der Waals surface area contributed by atoms with Crippen LogP contribution in [0.3, 0.4) is 0 Å². The molecule has 0 aliphatic carbocycles.